The Morgan fingerprint density at radius 3 is 3.00 bits per heavy atom. The number of hydrogen-bond donors (Lipinski definition) is 1. The van der Waals surface area contributed by atoms with Gasteiger partial charge in [-0.05, 0) is 12.8 Å². The highest BCUT2D eigenvalue weighted by molar-refractivity contribution is 7.99. The third-order valence-corrected chi connectivity index (χ3v) is 2.98. The lowest BCUT2D eigenvalue weighted by Gasteiger charge is -2.07. The Hall–Kier alpha value is -1.47. The Balaban J connectivity index is 3.11. The monoisotopic (exact) mass is 248 g/mol. The van der Waals surface area contributed by atoms with Gasteiger partial charge >= 0.3 is 0 Å². The zero-order valence-corrected chi connectivity index (χ0v) is 10.8. The molecule has 4 heteroatoms. The summed E-state index contributed by atoms with van der Waals surface area (Å²) < 4.78 is 0. The quantitative estimate of drug-likeness (QED) is 0.363. The van der Waals surface area contributed by atoms with E-state index in [4.69, 9.17) is 6.42 Å². The summed E-state index contributed by atoms with van der Waals surface area (Å²) in [6, 6.07) is 0. The second-order valence-corrected chi connectivity index (χ2v) is 4.50. The van der Waals surface area contributed by atoms with E-state index in [0.29, 0.717) is 22.9 Å². The number of allylic oxidation sites excluding steroid dienone is 1. The van der Waals surface area contributed by atoms with Gasteiger partial charge in [0.25, 0.3) is 5.56 Å². The predicted octanol–water partition coefficient (Wildman–Crippen LogP) is 2.18. The van der Waals surface area contributed by atoms with Gasteiger partial charge in [-0.1, -0.05) is 37.1 Å². The molecular weight excluding hydrogens is 232 g/mol. The molecule has 0 aliphatic heterocycles. The molecule has 17 heavy (non-hydrogen) atoms. The molecule has 0 fully saturated rings. The number of aromatic amines is 1. The molecular formula is C13H16N2OS. The van der Waals surface area contributed by atoms with Gasteiger partial charge in [0.1, 0.15) is 0 Å². The van der Waals surface area contributed by atoms with E-state index in [2.05, 4.69) is 29.4 Å². The largest absolute Gasteiger partial charge is 0.301 e. The molecule has 1 rings (SSSR count). The van der Waals surface area contributed by atoms with Crippen molar-refractivity contribution in [3.8, 4) is 12.3 Å². The molecule has 0 unspecified atom stereocenters. The zero-order valence-electron chi connectivity index (χ0n) is 9.95. The van der Waals surface area contributed by atoms with Crippen molar-refractivity contribution >= 4 is 11.8 Å². The van der Waals surface area contributed by atoms with Gasteiger partial charge in [0.05, 0.1) is 11.4 Å². The molecule has 1 heterocycles. The van der Waals surface area contributed by atoms with Crippen LogP contribution in [0.3, 0.4) is 0 Å². The molecule has 0 aromatic carbocycles. The summed E-state index contributed by atoms with van der Waals surface area (Å²) in [4.78, 5) is 19.1. The van der Waals surface area contributed by atoms with E-state index in [9.17, 15) is 4.79 Å². The summed E-state index contributed by atoms with van der Waals surface area (Å²) in [7, 11) is 0. The second-order valence-electron chi connectivity index (χ2n) is 3.53. The Morgan fingerprint density at radius 2 is 2.41 bits per heavy atom. The van der Waals surface area contributed by atoms with E-state index in [-0.39, 0.29) is 5.56 Å². The van der Waals surface area contributed by atoms with Crippen molar-refractivity contribution in [2.45, 2.75) is 31.3 Å². The van der Waals surface area contributed by atoms with Crippen molar-refractivity contribution in [3.63, 3.8) is 0 Å². The fourth-order valence-corrected chi connectivity index (χ4v) is 2.06. The van der Waals surface area contributed by atoms with Gasteiger partial charge in [0.2, 0.25) is 0 Å². The van der Waals surface area contributed by atoms with Gasteiger partial charge in [-0.3, -0.25) is 4.79 Å². The van der Waals surface area contributed by atoms with E-state index in [1.54, 1.807) is 6.08 Å². The molecule has 1 aromatic heterocycles. The number of thioether (sulfide) groups is 1. The van der Waals surface area contributed by atoms with E-state index < -0.39 is 0 Å². The lowest BCUT2D eigenvalue weighted by Crippen LogP contribution is -2.18. The SMILES string of the molecule is C#CCSc1nc(CCC)c(CC=C)c(=O)[nH]1. The number of nitrogens with zero attached hydrogens (tertiary/aromatic N) is 1. The smallest absolute Gasteiger partial charge is 0.255 e. The van der Waals surface area contributed by atoms with E-state index in [1.165, 1.54) is 11.8 Å². The number of hydrogen-bond acceptors (Lipinski definition) is 3. The van der Waals surface area contributed by atoms with Gasteiger partial charge in [0, 0.05) is 5.56 Å². The predicted molar refractivity (Wildman–Crippen MR) is 72.3 cm³/mol. The van der Waals surface area contributed by atoms with Gasteiger partial charge in [0.15, 0.2) is 5.16 Å². The highest BCUT2D eigenvalue weighted by Crippen LogP contribution is 2.13. The molecule has 0 bridgehead atoms. The minimum Gasteiger partial charge on any atom is -0.301 e. The van der Waals surface area contributed by atoms with Gasteiger partial charge < -0.3 is 4.98 Å². The average molecular weight is 248 g/mol. The normalized spacial score (nSPS) is 9.88. The summed E-state index contributed by atoms with van der Waals surface area (Å²) in [6.07, 6.45) is 9.22. The van der Waals surface area contributed by atoms with Crippen LogP contribution in [-0.4, -0.2) is 15.7 Å². The van der Waals surface area contributed by atoms with Crippen molar-refractivity contribution in [1.82, 2.24) is 9.97 Å². The number of terminal acetylenes is 1. The highest BCUT2D eigenvalue weighted by atomic mass is 32.2. The van der Waals surface area contributed by atoms with Crippen LogP contribution in [-0.2, 0) is 12.8 Å². The van der Waals surface area contributed by atoms with Crippen LogP contribution in [0.1, 0.15) is 24.6 Å². The standard InChI is InChI=1S/C13H16N2OS/c1-4-7-10-11(8-5-2)14-13(15-12(10)16)17-9-6-3/h3-4H,1,5,7-9H2,2H3,(H,14,15,16). The number of aromatic nitrogens is 2. The zero-order chi connectivity index (χ0) is 12.7. The van der Waals surface area contributed by atoms with Crippen LogP contribution < -0.4 is 5.56 Å². The first kappa shape index (κ1) is 13.6. The lowest BCUT2D eigenvalue weighted by atomic mass is 10.1. The number of H-pyrrole nitrogens is 1. The summed E-state index contributed by atoms with van der Waals surface area (Å²) in [5.74, 6) is 3.02. The molecule has 0 atom stereocenters. The molecule has 1 N–H and O–H groups in total. The van der Waals surface area contributed by atoms with Crippen LogP contribution in [0.5, 0.6) is 0 Å². The first-order valence-corrected chi connectivity index (χ1v) is 6.50. The summed E-state index contributed by atoms with van der Waals surface area (Å²) in [6.45, 7) is 5.72. The fourth-order valence-electron chi connectivity index (χ4n) is 1.50. The number of nitrogens with one attached hydrogen (secondary N) is 1. The van der Waals surface area contributed by atoms with Crippen molar-refractivity contribution in [2.75, 3.05) is 5.75 Å². The fraction of sp³-hybridized carbons (Fsp3) is 0.385. The maximum absolute atomic E-state index is 11.9. The minimum atomic E-state index is -0.0807. The van der Waals surface area contributed by atoms with E-state index in [0.717, 1.165) is 18.5 Å². The molecule has 3 nitrogen and oxygen atoms in total. The van der Waals surface area contributed by atoms with Gasteiger partial charge in [-0.2, -0.15) is 0 Å². The minimum absolute atomic E-state index is 0.0807. The van der Waals surface area contributed by atoms with Crippen LogP contribution >= 0.6 is 11.8 Å². The molecule has 0 saturated heterocycles. The maximum atomic E-state index is 11.9. The molecule has 90 valence electrons. The van der Waals surface area contributed by atoms with Crippen LogP contribution in [0.25, 0.3) is 0 Å². The van der Waals surface area contributed by atoms with E-state index >= 15 is 0 Å². The van der Waals surface area contributed by atoms with Crippen molar-refractivity contribution < 1.29 is 0 Å². The van der Waals surface area contributed by atoms with Crippen LogP contribution in [0.4, 0.5) is 0 Å². The van der Waals surface area contributed by atoms with Crippen molar-refractivity contribution in [3.05, 3.63) is 34.3 Å². The third-order valence-electron chi connectivity index (χ3n) is 2.21. The molecule has 0 aliphatic carbocycles. The van der Waals surface area contributed by atoms with Crippen molar-refractivity contribution in [2.24, 2.45) is 0 Å². The Kier molecular flexibility index (Phi) is 5.58. The topological polar surface area (TPSA) is 45.8 Å². The molecule has 0 amide bonds. The molecule has 0 aliphatic rings. The first-order valence-electron chi connectivity index (χ1n) is 5.52. The van der Waals surface area contributed by atoms with Gasteiger partial charge in [-0.25, -0.2) is 4.98 Å². The highest BCUT2D eigenvalue weighted by Gasteiger charge is 2.09. The summed E-state index contributed by atoms with van der Waals surface area (Å²) >= 11 is 1.37. The Morgan fingerprint density at radius 1 is 1.65 bits per heavy atom. The van der Waals surface area contributed by atoms with Gasteiger partial charge in [-0.15, -0.1) is 13.0 Å². The number of rotatable bonds is 6. The first-order chi connectivity index (χ1) is 8.22. The summed E-state index contributed by atoms with van der Waals surface area (Å²) in [5, 5.41) is 0.601. The molecule has 0 saturated carbocycles. The Labute approximate surface area is 106 Å². The second kappa shape index (κ2) is 6.97. The maximum Gasteiger partial charge on any atom is 0.255 e. The third kappa shape index (κ3) is 3.79. The number of aryl methyl sites for hydroxylation is 1. The molecule has 1 aromatic rings. The van der Waals surface area contributed by atoms with Crippen LogP contribution in [0.15, 0.2) is 22.6 Å². The van der Waals surface area contributed by atoms with E-state index in [1.807, 2.05) is 0 Å². The molecule has 0 spiro atoms. The van der Waals surface area contributed by atoms with Crippen molar-refractivity contribution in [1.29, 1.82) is 0 Å². The molecule has 0 radical (unpaired) electrons. The summed E-state index contributed by atoms with van der Waals surface area (Å²) in [5.41, 5.74) is 1.49. The average Bonchev–Trinajstić information content (AvgIpc) is 2.31. The van der Waals surface area contributed by atoms with Crippen LogP contribution in [0.2, 0.25) is 0 Å². The lowest BCUT2D eigenvalue weighted by molar-refractivity contribution is 0.792. The Bertz CT molecular complexity index is 485. The van der Waals surface area contributed by atoms with Crippen LogP contribution in [0, 0.1) is 12.3 Å².